The third-order valence-electron chi connectivity index (χ3n) is 5.90. The van der Waals surface area contributed by atoms with E-state index in [0.717, 1.165) is 5.56 Å². The molecule has 3 heterocycles. The molecule has 37 heavy (non-hydrogen) atoms. The van der Waals surface area contributed by atoms with Gasteiger partial charge in [-0.15, -0.1) is 10.2 Å². The van der Waals surface area contributed by atoms with E-state index in [0.29, 0.717) is 39.4 Å². The van der Waals surface area contributed by atoms with Crippen molar-refractivity contribution in [3.63, 3.8) is 0 Å². The van der Waals surface area contributed by atoms with Gasteiger partial charge in [-0.05, 0) is 37.6 Å². The van der Waals surface area contributed by atoms with E-state index >= 15 is 0 Å². The summed E-state index contributed by atoms with van der Waals surface area (Å²) in [4.78, 5) is 12.6. The van der Waals surface area contributed by atoms with E-state index in [-0.39, 0.29) is 5.95 Å². The third kappa shape index (κ3) is 5.35. The largest absolute Gasteiger partial charge is 0.494 e. The summed E-state index contributed by atoms with van der Waals surface area (Å²) in [6, 6.07) is 7.10. The van der Waals surface area contributed by atoms with Gasteiger partial charge in [-0.1, -0.05) is 24.6 Å². The molecule has 0 aliphatic heterocycles. The molecule has 0 saturated heterocycles. The quantitative estimate of drug-likeness (QED) is 0.332. The first-order valence-corrected chi connectivity index (χ1v) is 13.2. The van der Waals surface area contributed by atoms with E-state index in [1.807, 2.05) is 13.0 Å². The third-order valence-corrected chi connectivity index (χ3v) is 7.95. The second-order valence-corrected chi connectivity index (χ2v) is 10.8. The standard InChI is InChI=1S/C24H26ClN7O4S/c1-14-9-17(11-26-10-14)23-29-30-24(32(23)21-19(35-4)7-6-8-20(21)36-5)31-37(33,34)16(3)15(2)22-27-12-18(25)13-28-22/h6-13,15-16H,1-5H3,(H,30,31). The molecule has 4 rings (SSSR count). The Morgan fingerprint density at radius 3 is 2.24 bits per heavy atom. The molecule has 0 fully saturated rings. The molecule has 3 aromatic heterocycles. The van der Waals surface area contributed by atoms with E-state index < -0.39 is 21.2 Å². The number of para-hydroxylation sites is 1. The summed E-state index contributed by atoms with van der Waals surface area (Å²) in [6.45, 7) is 5.19. The SMILES string of the molecule is COc1cccc(OC)c1-n1c(NS(=O)(=O)C(C)C(C)c2ncc(Cl)cn2)nnc1-c1cncc(C)c1. The number of hydrogen-bond donors (Lipinski definition) is 1. The molecule has 2 atom stereocenters. The van der Waals surface area contributed by atoms with Crippen LogP contribution in [0.15, 0.2) is 49.1 Å². The van der Waals surface area contributed by atoms with Crippen LogP contribution in [0.25, 0.3) is 17.1 Å². The Bertz CT molecular complexity index is 1490. The molecule has 0 aliphatic rings. The van der Waals surface area contributed by atoms with Crippen molar-refractivity contribution in [3.8, 4) is 28.6 Å². The van der Waals surface area contributed by atoms with Crippen molar-refractivity contribution in [2.45, 2.75) is 31.9 Å². The molecule has 0 saturated carbocycles. The van der Waals surface area contributed by atoms with Crippen LogP contribution >= 0.6 is 11.6 Å². The Balaban J connectivity index is 1.83. The zero-order valence-corrected chi connectivity index (χ0v) is 22.4. The van der Waals surface area contributed by atoms with E-state index in [9.17, 15) is 8.42 Å². The van der Waals surface area contributed by atoms with Gasteiger partial charge in [0.05, 0.1) is 24.5 Å². The molecule has 0 amide bonds. The van der Waals surface area contributed by atoms with Crippen LogP contribution in [-0.4, -0.2) is 57.6 Å². The molecule has 1 aromatic carbocycles. The molecule has 0 bridgehead atoms. The number of nitrogens with zero attached hydrogens (tertiary/aromatic N) is 6. The van der Waals surface area contributed by atoms with Crippen LogP contribution in [0.1, 0.15) is 31.2 Å². The zero-order valence-electron chi connectivity index (χ0n) is 20.9. The number of nitrogens with one attached hydrogen (secondary N) is 1. The average molecular weight is 544 g/mol. The lowest BCUT2D eigenvalue weighted by Crippen LogP contribution is -2.31. The van der Waals surface area contributed by atoms with Gasteiger partial charge < -0.3 is 9.47 Å². The van der Waals surface area contributed by atoms with E-state index in [4.69, 9.17) is 21.1 Å². The van der Waals surface area contributed by atoms with Crippen molar-refractivity contribution >= 4 is 27.6 Å². The van der Waals surface area contributed by atoms with Gasteiger partial charge in [0.25, 0.3) is 0 Å². The van der Waals surface area contributed by atoms with Gasteiger partial charge in [-0.2, -0.15) is 0 Å². The van der Waals surface area contributed by atoms with E-state index in [1.165, 1.54) is 26.6 Å². The number of methoxy groups -OCH3 is 2. The maximum absolute atomic E-state index is 13.5. The number of hydrogen-bond acceptors (Lipinski definition) is 9. The highest BCUT2D eigenvalue weighted by Crippen LogP contribution is 2.38. The topological polar surface area (TPSA) is 134 Å². The number of benzene rings is 1. The number of halogens is 1. The Hall–Kier alpha value is -3.77. The lowest BCUT2D eigenvalue weighted by atomic mass is 10.1. The van der Waals surface area contributed by atoms with Gasteiger partial charge in [0, 0.05) is 36.3 Å². The molecule has 11 nitrogen and oxygen atoms in total. The van der Waals surface area contributed by atoms with Gasteiger partial charge in [0.15, 0.2) is 5.82 Å². The minimum Gasteiger partial charge on any atom is -0.494 e. The fraction of sp³-hybridized carbons (Fsp3) is 0.292. The molecule has 1 N–H and O–H groups in total. The van der Waals surface area contributed by atoms with Gasteiger partial charge in [-0.3, -0.25) is 14.3 Å². The van der Waals surface area contributed by atoms with Crippen molar-refractivity contribution in [3.05, 3.63) is 65.5 Å². The summed E-state index contributed by atoms with van der Waals surface area (Å²) in [5.74, 6) is 0.956. The Morgan fingerprint density at radius 1 is 1.00 bits per heavy atom. The average Bonchev–Trinajstić information content (AvgIpc) is 3.29. The van der Waals surface area contributed by atoms with Crippen LogP contribution in [0, 0.1) is 6.92 Å². The highest BCUT2D eigenvalue weighted by atomic mass is 35.5. The van der Waals surface area contributed by atoms with Crippen LogP contribution in [-0.2, 0) is 10.0 Å². The van der Waals surface area contributed by atoms with Crippen LogP contribution in [0.3, 0.4) is 0 Å². The van der Waals surface area contributed by atoms with Crippen LogP contribution < -0.4 is 14.2 Å². The first-order valence-electron chi connectivity index (χ1n) is 11.2. The predicted octanol–water partition coefficient (Wildman–Crippen LogP) is 4.03. The van der Waals surface area contributed by atoms with Gasteiger partial charge in [-0.25, -0.2) is 18.4 Å². The highest BCUT2D eigenvalue weighted by molar-refractivity contribution is 7.93. The molecule has 194 valence electrons. The van der Waals surface area contributed by atoms with Crippen molar-refractivity contribution in [2.75, 3.05) is 18.9 Å². The number of pyridine rings is 1. The van der Waals surface area contributed by atoms with Gasteiger partial charge in [0.2, 0.25) is 16.0 Å². The normalized spacial score (nSPS) is 13.1. The van der Waals surface area contributed by atoms with Crippen molar-refractivity contribution in [1.82, 2.24) is 29.7 Å². The summed E-state index contributed by atoms with van der Waals surface area (Å²) >= 11 is 5.88. The smallest absolute Gasteiger partial charge is 0.243 e. The minimum atomic E-state index is -4.00. The van der Waals surface area contributed by atoms with Crippen molar-refractivity contribution in [2.24, 2.45) is 0 Å². The van der Waals surface area contributed by atoms with Gasteiger partial charge >= 0.3 is 0 Å². The molecular formula is C24H26ClN7O4S. The fourth-order valence-electron chi connectivity index (χ4n) is 3.73. The Kier molecular flexibility index (Phi) is 7.60. The van der Waals surface area contributed by atoms with E-state index in [2.05, 4.69) is 29.9 Å². The molecule has 0 spiro atoms. The maximum Gasteiger partial charge on any atom is 0.243 e. The molecule has 0 aliphatic carbocycles. The fourth-order valence-corrected chi connectivity index (χ4v) is 5.06. The second-order valence-electron chi connectivity index (χ2n) is 8.35. The number of aromatic nitrogens is 6. The summed E-state index contributed by atoms with van der Waals surface area (Å²) in [5.41, 5.74) is 1.95. The lowest BCUT2D eigenvalue weighted by Gasteiger charge is -2.21. The summed E-state index contributed by atoms with van der Waals surface area (Å²) in [7, 11) is -0.981. The number of sulfonamides is 1. The van der Waals surface area contributed by atoms with Crippen molar-refractivity contribution in [1.29, 1.82) is 0 Å². The molecular weight excluding hydrogens is 518 g/mol. The first kappa shape index (κ1) is 26.3. The number of anilines is 1. The molecule has 2 unspecified atom stereocenters. The van der Waals surface area contributed by atoms with E-state index in [1.54, 1.807) is 49.0 Å². The molecule has 0 radical (unpaired) electrons. The number of aryl methyl sites for hydroxylation is 1. The highest BCUT2D eigenvalue weighted by Gasteiger charge is 2.32. The Morgan fingerprint density at radius 2 is 1.65 bits per heavy atom. The Labute approximate surface area is 219 Å². The molecule has 13 heteroatoms. The van der Waals surface area contributed by atoms with Crippen LogP contribution in [0.2, 0.25) is 5.02 Å². The van der Waals surface area contributed by atoms with Crippen LogP contribution in [0.4, 0.5) is 5.95 Å². The predicted molar refractivity (Wildman–Crippen MR) is 140 cm³/mol. The number of rotatable bonds is 9. The van der Waals surface area contributed by atoms with Crippen LogP contribution in [0.5, 0.6) is 11.5 Å². The summed E-state index contributed by atoms with van der Waals surface area (Å²) in [5, 5.41) is 7.94. The maximum atomic E-state index is 13.5. The monoisotopic (exact) mass is 543 g/mol. The summed E-state index contributed by atoms with van der Waals surface area (Å²) < 4.78 is 42.4. The second kappa shape index (κ2) is 10.7. The molecule has 4 aromatic rings. The number of ether oxygens (including phenoxy) is 2. The van der Waals surface area contributed by atoms with Gasteiger partial charge in [0.1, 0.15) is 23.0 Å². The zero-order chi connectivity index (χ0) is 26.7. The first-order chi connectivity index (χ1) is 17.7. The summed E-state index contributed by atoms with van der Waals surface area (Å²) in [6.07, 6.45) is 6.19. The minimum absolute atomic E-state index is 0.0459. The van der Waals surface area contributed by atoms with Crippen molar-refractivity contribution < 1.29 is 17.9 Å². The lowest BCUT2D eigenvalue weighted by molar-refractivity contribution is 0.391.